The molecular weight excluding hydrogens is 289 g/mol. The third-order valence-electron chi connectivity index (χ3n) is 4.28. The van der Waals surface area contributed by atoms with E-state index in [0.717, 1.165) is 47.8 Å². The minimum absolute atomic E-state index is 0.273. The molecule has 0 unspecified atom stereocenters. The summed E-state index contributed by atoms with van der Waals surface area (Å²) in [4.78, 5) is 0. The van der Waals surface area contributed by atoms with Gasteiger partial charge in [0.1, 0.15) is 5.69 Å². The molecule has 4 rings (SSSR count). The number of hydrogen-bond acceptors (Lipinski definition) is 2. The molecule has 0 atom stereocenters. The lowest BCUT2D eigenvalue weighted by Gasteiger charge is -2.09. The van der Waals surface area contributed by atoms with E-state index in [2.05, 4.69) is 10.4 Å². The number of halogens is 2. The minimum atomic E-state index is -0.273. The van der Waals surface area contributed by atoms with Crippen LogP contribution in [0.4, 0.5) is 10.1 Å². The first-order valence-electron chi connectivity index (χ1n) is 7.45. The van der Waals surface area contributed by atoms with Gasteiger partial charge in [0.25, 0.3) is 0 Å². The van der Waals surface area contributed by atoms with Crippen molar-refractivity contribution < 1.29 is 4.39 Å². The molecule has 1 aromatic heterocycles. The maximum absolute atomic E-state index is 14.4. The fourth-order valence-electron chi connectivity index (χ4n) is 2.77. The van der Waals surface area contributed by atoms with Crippen molar-refractivity contribution in [3.05, 3.63) is 40.4 Å². The van der Waals surface area contributed by atoms with Gasteiger partial charge in [-0.2, -0.15) is 5.10 Å². The molecule has 110 valence electrons. The van der Waals surface area contributed by atoms with Crippen LogP contribution in [0.15, 0.2) is 18.2 Å². The first-order valence-corrected chi connectivity index (χ1v) is 7.83. The molecule has 2 fully saturated rings. The second kappa shape index (κ2) is 4.73. The summed E-state index contributed by atoms with van der Waals surface area (Å²) in [7, 11) is 1.78. The summed E-state index contributed by atoms with van der Waals surface area (Å²) in [5.74, 6) is 0.627. The van der Waals surface area contributed by atoms with Gasteiger partial charge >= 0.3 is 0 Å². The van der Waals surface area contributed by atoms with Crippen molar-refractivity contribution in [3.8, 4) is 5.69 Å². The van der Waals surface area contributed by atoms with E-state index in [-0.39, 0.29) is 5.82 Å². The summed E-state index contributed by atoms with van der Waals surface area (Å²) in [6, 6.07) is 5.13. The highest BCUT2D eigenvalue weighted by molar-refractivity contribution is 6.32. The number of anilines is 1. The predicted molar refractivity (Wildman–Crippen MR) is 82.0 cm³/mol. The molecule has 1 N–H and O–H groups in total. The fourth-order valence-corrected chi connectivity index (χ4v) is 3.20. The molecule has 1 aromatic carbocycles. The van der Waals surface area contributed by atoms with E-state index in [1.807, 2.05) is 6.07 Å². The van der Waals surface area contributed by atoms with Gasteiger partial charge in [0.2, 0.25) is 0 Å². The summed E-state index contributed by atoms with van der Waals surface area (Å²) in [5.41, 5.74) is 3.19. The summed E-state index contributed by atoms with van der Waals surface area (Å²) < 4.78 is 16.1. The van der Waals surface area contributed by atoms with Crippen molar-refractivity contribution >= 4 is 17.3 Å². The van der Waals surface area contributed by atoms with Crippen LogP contribution in [-0.2, 0) is 0 Å². The third kappa shape index (κ3) is 2.22. The van der Waals surface area contributed by atoms with Crippen LogP contribution in [0.25, 0.3) is 5.69 Å². The number of hydrogen-bond donors (Lipinski definition) is 1. The molecule has 0 amide bonds. The van der Waals surface area contributed by atoms with Gasteiger partial charge < -0.3 is 5.32 Å². The van der Waals surface area contributed by atoms with E-state index in [9.17, 15) is 4.39 Å². The number of rotatable bonds is 4. The quantitative estimate of drug-likeness (QED) is 0.903. The molecule has 0 saturated heterocycles. The summed E-state index contributed by atoms with van der Waals surface area (Å²) in [5, 5.41) is 8.35. The van der Waals surface area contributed by atoms with Crippen LogP contribution in [0.3, 0.4) is 0 Å². The van der Waals surface area contributed by atoms with E-state index in [1.54, 1.807) is 17.8 Å². The van der Waals surface area contributed by atoms with Gasteiger partial charge in [0.15, 0.2) is 5.82 Å². The van der Waals surface area contributed by atoms with Crippen molar-refractivity contribution in [2.75, 3.05) is 12.4 Å². The largest absolute Gasteiger partial charge is 0.388 e. The average molecular weight is 306 g/mol. The van der Waals surface area contributed by atoms with Gasteiger partial charge in [-0.3, -0.25) is 0 Å². The van der Waals surface area contributed by atoms with Crippen LogP contribution in [-0.4, -0.2) is 16.8 Å². The maximum atomic E-state index is 14.4. The summed E-state index contributed by atoms with van der Waals surface area (Å²) in [6.07, 6.45) is 4.52. The molecule has 3 nitrogen and oxygen atoms in total. The van der Waals surface area contributed by atoms with E-state index < -0.39 is 0 Å². The molecule has 2 aromatic rings. The second-order valence-corrected chi connectivity index (χ2v) is 6.34. The van der Waals surface area contributed by atoms with Crippen molar-refractivity contribution in [2.24, 2.45) is 0 Å². The van der Waals surface area contributed by atoms with Crippen LogP contribution in [0, 0.1) is 5.82 Å². The molecule has 1 heterocycles. The second-order valence-electron chi connectivity index (χ2n) is 5.96. The molecule has 5 heteroatoms. The van der Waals surface area contributed by atoms with Crippen molar-refractivity contribution in [3.63, 3.8) is 0 Å². The van der Waals surface area contributed by atoms with Crippen molar-refractivity contribution in [2.45, 2.75) is 37.5 Å². The van der Waals surface area contributed by atoms with Crippen molar-refractivity contribution in [1.82, 2.24) is 9.78 Å². The lowest BCUT2D eigenvalue weighted by molar-refractivity contribution is 0.606. The topological polar surface area (TPSA) is 29.9 Å². The Morgan fingerprint density at radius 1 is 1.24 bits per heavy atom. The van der Waals surface area contributed by atoms with E-state index in [4.69, 9.17) is 11.6 Å². The molecule has 2 aliphatic rings. The van der Waals surface area contributed by atoms with Gasteiger partial charge in [0.05, 0.1) is 16.4 Å². The predicted octanol–water partition coefficient (Wildman–Crippen LogP) is 4.46. The molecule has 0 aliphatic heterocycles. The minimum Gasteiger partial charge on any atom is -0.388 e. The van der Waals surface area contributed by atoms with Crippen LogP contribution < -0.4 is 5.32 Å². The zero-order chi connectivity index (χ0) is 14.6. The van der Waals surface area contributed by atoms with E-state index in [0.29, 0.717) is 17.5 Å². The highest BCUT2D eigenvalue weighted by atomic mass is 35.5. The first kappa shape index (κ1) is 13.1. The van der Waals surface area contributed by atoms with Crippen molar-refractivity contribution in [1.29, 1.82) is 0 Å². The van der Waals surface area contributed by atoms with Gasteiger partial charge in [0, 0.05) is 24.6 Å². The maximum Gasteiger partial charge on any atom is 0.150 e. The number of nitrogens with zero attached hydrogens (tertiary/aromatic N) is 2. The Hall–Kier alpha value is -1.55. The Bertz CT molecular complexity index is 702. The Morgan fingerprint density at radius 3 is 2.52 bits per heavy atom. The Morgan fingerprint density at radius 2 is 1.95 bits per heavy atom. The molecule has 0 radical (unpaired) electrons. The van der Waals surface area contributed by atoms with Gasteiger partial charge in [-0.1, -0.05) is 11.6 Å². The lowest BCUT2D eigenvalue weighted by atomic mass is 10.2. The summed E-state index contributed by atoms with van der Waals surface area (Å²) in [6.45, 7) is 0. The van der Waals surface area contributed by atoms with Gasteiger partial charge in [-0.25, -0.2) is 9.07 Å². The molecule has 2 aliphatic carbocycles. The Kier molecular flexibility index (Phi) is 2.96. The molecule has 2 saturated carbocycles. The molecule has 0 bridgehead atoms. The highest BCUT2D eigenvalue weighted by Crippen LogP contribution is 2.50. The summed E-state index contributed by atoms with van der Waals surface area (Å²) >= 11 is 6.54. The normalized spacial score (nSPS) is 18.0. The molecular formula is C16H17ClFN3. The van der Waals surface area contributed by atoms with Crippen LogP contribution in [0.1, 0.15) is 48.9 Å². The average Bonchev–Trinajstić information content (AvgIpc) is 3.38. The zero-order valence-electron chi connectivity index (χ0n) is 11.9. The fraction of sp³-hybridized carbons (Fsp3) is 0.438. The SMILES string of the molecule is CNc1ccc(-n2nc(C3CC3)c(Cl)c2C2CC2)c(F)c1. The first-order chi connectivity index (χ1) is 10.2. The zero-order valence-corrected chi connectivity index (χ0v) is 12.6. The standard InChI is InChI=1S/C16H17ClFN3/c1-19-11-6-7-13(12(18)8-11)21-16(10-4-5-10)14(17)15(20-21)9-2-3-9/h6-10,19H,2-5H2,1H3. The highest BCUT2D eigenvalue weighted by Gasteiger charge is 2.37. The smallest absolute Gasteiger partial charge is 0.150 e. The Balaban J connectivity index is 1.85. The molecule has 21 heavy (non-hydrogen) atoms. The number of nitrogens with one attached hydrogen (secondary N) is 1. The van der Waals surface area contributed by atoms with Gasteiger partial charge in [-0.15, -0.1) is 0 Å². The van der Waals surface area contributed by atoms with E-state index in [1.165, 1.54) is 6.07 Å². The van der Waals surface area contributed by atoms with Gasteiger partial charge in [-0.05, 0) is 43.9 Å². The van der Waals surface area contributed by atoms with Crippen LogP contribution in [0.2, 0.25) is 5.02 Å². The lowest BCUT2D eigenvalue weighted by Crippen LogP contribution is -2.05. The van der Waals surface area contributed by atoms with Crippen LogP contribution >= 0.6 is 11.6 Å². The van der Waals surface area contributed by atoms with Crippen LogP contribution in [0.5, 0.6) is 0 Å². The third-order valence-corrected chi connectivity index (χ3v) is 4.67. The monoisotopic (exact) mass is 305 g/mol. The number of benzene rings is 1. The molecule has 0 spiro atoms. The Labute approximate surface area is 128 Å². The number of aromatic nitrogens is 2. The van der Waals surface area contributed by atoms with E-state index >= 15 is 0 Å².